The Labute approximate surface area is 184 Å². The molecule has 10 heteroatoms. The number of methoxy groups -OCH3 is 1. The van der Waals surface area contributed by atoms with Gasteiger partial charge in [0.25, 0.3) is 0 Å². The van der Waals surface area contributed by atoms with Crippen LogP contribution in [0.1, 0.15) is 22.7 Å². The number of nitrogens with zero attached hydrogens (tertiary/aromatic N) is 2. The van der Waals surface area contributed by atoms with Gasteiger partial charge in [-0.3, -0.25) is 4.99 Å². The highest BCUT2D eigenvalue weighted by Gasteiger charge is 2.11. The van der Waals surface area contributed by atoms with Crippen LogP contribution in [0.3, 0.4) is 0 Å². The molecule has 0 radical (unpaired) electrons. The quantitative estimate of drug-likeness (QED) is 0.224. The third kappa shape index (κ3) is 8.13. The first-order valence-corrected chi connectivity index (χ1v) is 9.37. The van der Waals surface area contributed by atoms with Crippen molar-refractivity contribution in [3.05, 3.63) is 39.8 Å². The lowest BCUT2D eigenvalue weighted by Crippen LogP contribution is -2.37. The second-order valence-corrected chi connectivity index (χ2v) is 6.63. The van der Waals surface area contributed by atoms with E-state index >= 15 is 0 Å². The first-order valence-electron chi connectivity index (χ1n) is 8.49. The Morgan fingerprint density at radius 2 is 2.11 bits per heavy atom. The molecule has 28 heavy (non-hydrogen) atoms. The van der Waals surface area contributed by atoms with Crippen LogP contribution in [0.4, 0.5) is 8.78 Å². The highest BCUT2D eigenvalue weighted by Crippen LogP contribution is 2.25. The molecule has 2 N–H and O–H groups in total. The van der Waals surface area contributed by atoms with Crippen LogP contribution >= 0.6 is 35.3 Å². The smallest absolute Gasteiger partial charge is 0.387 e. The minimum absolute atomic E-state index is 0. The number of aromatic nitrogens is 1. The summed E-state index contributed by atoms with van der Waals surface area (Å²) in [7, 11) is 3.17. The van der Waals surface area contributed by atoms with Crippen molar-refractivity contribution in [1.82, 2.24) is 15.6 Å². The first kappa shape index (κ1) is 24.3. The number of ether oxygens (including phenoxy) is 2. The molecule has 6 nitrogen and oxygen atoms in total. The number of guanidine groups is 1. The molecule has 0 spiro atoms. The summed E-state index contributed by atoms with van der Waals surface area (Å²) in [5.74, 6) is 1.25. The number of hydrogen-bond acceptors (Lipinski definition) is 5. The van der Waals surface area contributed by atoms with Crippen molar-refractivity contribution in [2.75, 3.05) is 20.7 Å². The van der Waals surface area contributed by atoms with Crippen LogP contribution in [0, 0.1) is 6.92 Å². The van der Waals surface area contributed by atoms with Gasteiger partial charge in [0, 0.05) is 43.2 Å². The lowest BCUT2D eigenvalue weighted by atomic mass is 10.2. The Bertz CT molecular complexity index is 759. The Hall–Kier alpha value is -1.69. The third-order valence-corrected chi connectivity index (χ3v) is 4.71. The Morgan fingerprint density at radius 1 is 1.32 bits per heavy atom. The minimum Gasteiger partial charge on any atom is -0.497 e. The van der Waals surface area contributed by atoms with Gasteiger partial charge < -0.3 is 20.1 Å². The number of thiazole rings is 1. The molecule has 0 aliphatic heterocycles. The number of nitrogens with one attached hydrogen (secondary N) is 2. The lowest BCUT2D eigenvalue weighted by Gasteiger charge is -2.15. The molecule has 1 aromatic carbocycles. The zero-order valence-electron chi connectivity index (χ0n) is 16.0. The van der Waals surface area contributed by atoms with Crippen molar-refractivity contribution in [1.29, 1.82) is 0 Å². The van der Waals surface area contributed by atoms with Crippen molar-refractivity contribution >= 4 is 41.3 Å². The molecular formula is C18H25F2IN4O2S. The van der Waals surface area contributed by atoms with Crippen molar-refractivity contribution in [3.8, 4) is 11.5 Å². The maximum absolute atomic E-state index is 12.6. The molecule has 0 saturated heterocycles. The van der Waals surface area contributed by atoms with E-state index in [9.17, 15) is 8.78 Å². The maximum Gasteiger partial charge on any atom is 0.387 e. The summed E-state index contributed by atoms with van der Waals surface area (Å²) in [5.41, 5.74) is 1.59. The fraction of sp³-hybridized carbons (Fsp3) is 0.444. The number of aliphatic imine (C=N–C) groups is 1. The standard InChI is InChI=1S/C18H24F2N4O2S.HI/c1-12-11-27-16(24-12)5-4-8-22-18(21-2)23-10-13-9-14(25-3)6-7-15(13)26-17(19)20;/h6-7,9,11,17H,4-5,8,10H2,1-3H3,(H2,21,22,23);1H. The van der Waals surface area contributed by atoms with E-state index in [0.717, 1.165) is 30.1 Å². The average Bonchev–Trinajstić information content (AvgIpc) is 3.07. The number of rotatable bonds is 9. The predicted molar refractivity (Wildman–Crippen MR) is 118 cm³/mol. The summed E-state index contributed by atoms with van der Waals surface area (Å²) >= 11 is 1.66. The maximum atomic E-state index is 12.6. The topological polar surface area (TPSA) is 67.8 Å². The molecule has 0 atom stereocenters. The molecule has 0 aliphatic carbocycles. The summed E-state index contributed by atoms with van der Waals surface area (Å²) in [6.45, 7) is 0.0832. The molecule has 0 bridgehead atoms. The van der Waals surface area contributed by atoms with Gasteiger partial charge >= 0.3 is 6.61 Å². The largest absolute Gasteiger partial charge is 0.497 e. The molecule has 1 heterocycles. The number of hydrogen-bond donors (Lipinski definition) is 2. The van der Waals surface area contributed by atoms with E-state index < -0.39 is 6.61 Å². The van der Waals surface area contributed by atoms with Crippen LogP contribution in [0.2, 0.25) is 0 Å². The summed E-state index contributed by atoms with van der Waals surface area (Å²) < 4.78 is 34.9. The van der Waals surface area contributed by atoms with Gasteiger partial charge in [0.2, 0.25) is 0 Å². The third-order valence-electron chi connectivity index (χ3n) is 3.68. The Morgan fingerprint density at radius 3 is 2.71 bits per heavy atom. The summed E-state index contributed by atoms with van der Waals surface area (Å²) in [6, 6.07) is 4.70. The van der Waals surface area contributed by atoms with Gasteiger partial charge in [0.1, 0.15) is 11.5 Å². The SMILES string of the molecule is CN=C(NCCCc1nc(C)cs1)NCc1cc(OC)ccc1OC(F)F.I. The second kappa shape index (κ2) is 12.7. The van der Waals surface area contributed by atoms with Gasteiger partial charge in [-0.05, 0) is 31.5 Å². The van der Waals surface area contributed by atoms with E-state index in [1.54, 1.807) is 30.5 Å². The van der Waals surface area contributed by atoms with Gasteiger partial charge in [-0.25, -0.2) is 4.98 Å². The predicted octanol–water partition coefficient (Wildman–Crippen LogP) is 3.98. The monoisotopic (exact) mass is 526 g/mol. The van der Waals surface area contributed by atoms with Crippen LogP contribution in [0.15, 0.2) is 28.6 Å². The van der Waals surface area contributed by atoms with Crippen molar-refractivity contribution in [2.45, 2.75) is 32.9 Å². The van der Waals surface area contributed by atoms with Crippen molar-refractivity contribution < 1.29 is 18.3 Å². The second-order valence-electron chi connectivity index (χ2n) is 5.69. The van der Waals surface area contributed by atoms with Gasteiger partial charge in [0.15, 0.2) is 5.96 Å². The van der Waals surface area contributed by atoms with E-state index in [-0.39, 0.29) is 36.3 Å². The van der Waals surface area contributed by atoms with E-state index in [2.05, 4.69) is 25.3 Å². The fourth-order valence-electron chi connectivity index (χ4n) is 2.40. The van der Waals surface area contributed by atoms with Crippen LogP contribution in [-0.4, -0.2) is 38.3 Å². The van der Waals surface area contributed by atoms with Crippen molar-refractivity contribution in [2.24, 2.45) is 4.99 Å². The fourth-order valence-corrected chi connectivity index (χ4v) is 3.21. The summed E-state index contributed by atoms with van der Waals surface area (Å²) in [5, 5.41) is 9.45. The molecule has 156 valence electrons. The lowest BCUT2D eigenvalue weighted by molar-refractivity contribution is -0.0504. The van der Waals surface area contributed by atoms with Gasteiger partial charge in [-0.1, -0.05) is 0 Å². The van der Waals surface area contributed by atoms with Crippen LogP contribution in [0.25, 0.3) is 0 Å². The van der Waals surface area contributed by atoms with Gasteiger partial charge in [-0.15, -0.1) is 35.3 Å². The van der Waals surface area contributed by atoms with Crippen LogP contribution in [0.5, 0.6) is 11.5 Å². The first-order chi connectivity index (χ1) is 13.0. The number of halogens is 3. The van der Waals surface area contributed by atoms with E-state index in [1.807, 2.05) is 12.3 Å². The highest BCUT2D eigenvalue weighted by molar-refractivity contribution is 14.0. The van der Waals surface area contributed by atoms with E-state index in [4.69, 9.17) is 4.74 Å². The summed E-state index contributed by atoms with van der Waals surface area (Å²) in [6.07, 6.45) is 1.80. The minimum atomic E-state index is -2.89. The average molecular weight is 526 g/mol. The van der Waals surface area contributed by atoms with Crippen LogP contribution in [-0.2, 0) is 13.0 Å². The Balaban J connectivity index is 0.00000392. The number of benzene rings is 1. The molecular weight excluding hydrogens is 501 g/mol. The molecule has 0 unspecified atom stereocenters. The molecule has 2 rings (SSSR count). The molecule has 2 aromatic rings. The van der Waals surface area contributed by atoms with E-state index in [1.165, 1.54) is 13.2 Å². The number of aryl methyl sites for hydroxylation is 2. The Kier molecular flexibility index (Phi) is 11.0. The van der Waals surface area contributed by atoms with Gasteiger partial charge in [-0.2, -0.15) is 8.78 Å². The number of alkyl halides is 2. The summed E-state index contributed by atoms with van der Waals surface area (Å²) in [4.78, 5) is 8.58. The highest BCUT2D eigenvalue weighted by atomic mass is 127. The zero-order valence-corrected chi connectivity index (χ0v) is 19.1. The molecule has 1 aromatic heterocycles. The van der Waals surface area contributed by atoms with Crippen molar-refractivity contribution in [3.63, 3.8) is 0 Å². The molecule has 0 amide bonds. The normalized spacial score (nSPS) is 11.1. The van der Waals surface area contributed by atoms with Crippen LogP contribution < -0.4 is 20.1 Å². The van der Waals surface area contributed by atoms with E-state index in [0.29, 0.717) is 17.3 Å². The van der Waals surface area contributed by atoms with Gasteiger partial charge in [0.05, 0.1) is 12.1 Å². The zero-order chi connectivity index (χ0) is 19.6. The molecule has 0 fully saturated rings. The molecule has 0 aliphatic rings. The molecule has 0 saturated carbocycles.